The van der Waals surface area contributed by atoms with Crippen LogP contribution in [0.5, 0.6) is 0 Å². The Kier molecular flexibility index (Phi) is 3.58. The van der Waals surface area contributed by atoms with E-state index in [1.54, 1.807) is 16.8 Å². The molecule has 0 bridgehead atoms. The van der Waals surface area contributed by atoms with Gasteiger partial charge in [-0.15, -0.1) is 0 Å². The highest BCUT2D eigenvalue weighted by atomic mass is 15.1. The van der Waals surface area contributed by atoms with E-state index < -0.39 is 0 Å². The quantitative estimate of drug-likeness (QED) is 0.658. The SMILES string of the molecule is Cc1cc2c3c(c1)CCCCCN3CCCCC2. The van der Waals surface area contributed by atoms with Crippen LogP contribution in [0.15, 0.2) is 12.1 Å². The van der Waals surface area contributed by atoms with Crippen LogP contribution >= 0.6 is 0 Å². The van der Waals surface area contributed by atoms with Gasteiger partial charge in [-0.3, -0.25) is 0 Å². The van der Waals surface area contributed by atoms with E-state index in [0.29, 0.717) is 0 Å². The number of aryl methyl sites for hydroxylation is 3. The molecule has 0 unspecified atom stereocenters. The van der Waals surface area contributed by atoms with Gasteiger partial charge < -0.3 is 4.90 Å². The predicted molar refractivity (Wildman–Crippen MR) is 78.5 cm³/mol. The zero-order valence-electron chi connectivity index (χ0n) is 11.7. The highest BCUT2D eigenvalue weighted by Crippen LogP contribution is 2.33. The molecule has 0 aromatic heterocycles. The van der Waals surface area contributed by atoms with Crippen LogP contribution in [0.25, 0.3) is 0 Å². The average molecular weight is 243 g/mol. The Balaban J connectivity index is 2.08. The Morgan fingerprint density at radius 1 is 0.778 bits per heavy atom. The number of anilines is 1. The summed E-state index contributed by atoms with van der Waals surface area (Å²) in [6, 6.07) is 4.89. The Labute approximate surface area is 111 Å². The fraction of sp³-hybridized carbons (Fsp3) is 0.647. The fourth-order valence-electron chi connectivity index (χ4n) is 3.65. The number of hydrogen-bond acceptors (Lipinski definition) is 1. The lowest BCUT2D eigenvalue weighted by molar-refractivity contribution is 0.585. The average Bonchev–Trinajstić information content (AvgIpc) is 2.29. The fourth-order valence-corrected chi connectivity index (χ4v) is 3.65. The van der Waals surface area contributed by atoms with Crippen LogP contribution in [-0.2, 0) is 12.8 Å². The third-order valence-corrected chi connectivity index (χ3v) is 4.48. The number of hydrogen-bond donors (Lipinski definition) is 0. The summed E-state index contributed by atoms with van der Waals surface area (Å²) in [6.45, 7) is 4.82. The highest BCUT2D eigenvalue weighted by Gasteiger charge is 2.19. The largest absolute Gasteiger partial charge is 0.371 e. The van der Waals surface area contributed by atoms with Crippen LogP contribution in [0.4, 0.5) is 5.69 Å². The minimum absolute atomic E-state index is 1.28. The van der Waals surface area contributed by atoms with Crippen LogP contribution in [0.1, 0.15) is 55.2 Å². The maximum Gasteiger partial charge on any atom is 0.0431 e. The molecule has 2 aliphatic rings. The third kappa shape index (κ3) is 2.41. The van der Waals surface area contributed by atoms with E-state index in [-0.39, 0.29) is 0 Å². The van der Waals surface area contributed by atoms with Crippen molar-refractivity contribution in [1.29, 1.82) is 0 Å². The summed E-state index contributed by atoms with van der Waals surface area (Å²) in [6.07, 6.45) is 10.9. The van der Waals surface area contributed by atoms with Crippen LogP contribution in [0.3, 0.4) is 0 Å². The second-order valence-electron chi connectivity index (χ2n) is 6.04. The summed E-state index contributed by atoms with van der Waals surface area (Å²) in [5.41, 5.74) is 6.35. The maximum absolute atomic E-state index is 2.70. The van der Waals surface area contributed by atoms with Crippen LogP contribution in [0.2, 0.25) is 0 Å². The normalized spacial score (nSPS) is 20.4. The van der Waals surface area contributed by atoms with Crippen molar-refractivity contribution in [3.05, 3.63) is 28.8 Å². The molecule has 0 radical (unpaired) electrons. The monoisotopic (exact) mass is 243 g/mol. The molecule has 0 aliphatic carbocycles. The summed E-state index contributed by atoms with van der Waals surface area (Å²) in [4.78, 5) is 2.70. The van der Waals surface area contributed by atoms with Gasteiger partial charge >= 0.3 is 0 Å². The van der Waals surface area contributed by atoms with Gasteiger partial charge in [-0.2, -0.15) is 0 Å². The van der Waals surface area contributed by atoms with Gasteiger partial charge in [0.15, 0.2) is 0 Å². The van der Waals surface area contributed by atoms with E-state index in [4.69, 9.17) is 0 Å². The molecule has 0 atom stereocenters. The Morgan fingerprint density at radius 3 is 1.89 bits per heavy atom. The van der Waals surface area contributed by atoms with E-state index in [1.165, 1.54) is 70.0 Å². The van der Waals surface area contributed by atoms with Crippen molar-refractivity contribution in [3.63, 3.8) is 0 Å². The van der Waals surface area contributed by atoms with Gasteiger partial charge in [0, 0.05) is 18.8 Å². The van der Waals surface area contributed by atoms with E-state index in [2.05, 4.69) is 24.0 Å². The molecule has 0 N–H and O–H groups in total. The summed E-state index contributed by atoms with van der Waals surface area (Å²) in [5.74, 6) is 0. The van der Waals surface area contributed by atoms with E-state index in [1.807, 2.05) is 0 Å². The first-order chi connectivity index (χ1) is 8.84. The molecule has 1 aromatic carbocycles. The number of benzene rings is 1. The Morgan fingerprint density at radius 2 is 1.33 bits per heavy atom. The van der Waals surface area contributed by atoms with Gasteiger partial charge in [0.1, 0.15) is 0 Å². The first kappa shape index (κ1) is 12.1. The van der Waals surface area contributed by atoms with Gasteiger partial charge in [-0.25, -0.2) is 0 Å². The zero-order valence-corrected chi connectivity index (χ0v) is 11.7. The van der Waals surface area contributed by atoms with Gasteiger partial charge in [0.2, 0.25) is 0 Å². The molecule has 0 saturated carbocycles. The van der Waals surface area contributed by atoms with Crippen molar-refractivity contribution < 1.29 is 0 Å². The highest BCUT2D eigenvalue weighted by molar-refractivity contribution is 5.62. The molecular formula is C17H25N. The molecule has 3 rings (SSSR count). The molecule has 0 amide bonds. The smallest absolute Gasteiger partial charge is 0.0431 e. The third-order valence-electron chi connectivity index (χ3n) is 4.48. The van der Waals surface area contributed by atoms with Crippen molar-refractivity contribution in [2.75, 3.05) is 18.0 Å². The minimum atomic E-state index is 1.28. The van der Waals surface area contributed by atoms with Crippen molar-refractivity contribution in [2.24, 2.45) is 0 Å². The molecule has 2 heterocycles. The number of nitrogens with zero attached hydrogens (tertiary/aromatic N) is 1. The molecule has 1 heteroatoms. The first-order valence-electron chi connectivity index (χ1n) is 7.72. The lowest BCUT2D eigenvalue weighted by Gasteiger charge is -2.33. The Bertz CT molecular complexity index is 387. The molecule has 1 nitrogen and oxygen atoms in total. The van der Waals surface area contributed by atoms with Gasteiger partial charge in [0.05, 0.1) is 0 Å². The summed E-state index contributed by atoms with van der Waals surface area (Å²) in [7, 11) is 0. The van der Waals surface area contributed by atoms with Crippen molar-refractivity contribution in [2.45, 2.75) is 58.3 Å². The summed E-state index contributed by atoms with van der Waals surface area (Å²) >= 11 is 0. The Hall–Kier alpha value is -0.980. The summed E-state index contributed by atoms with van der Waals surface area (Å²) < 4.78 is 0. The molecule has 0 saturated heterocycles. The van der Waals surface area contributed by atoms with Crippen molar-refractivity contribution >= 4 is 5.69 Å². The lowest BCUT2D eigenvalue weighted by atomic mass is 9.92. The van der Waals surface area contributed by atoms with Crippen LogP contribution < -0.4 is 4.90 Å². The van der Waals surface area contributed by atoms with Crippen molar-refractivity contribution in [1.82, 2.24) is 0 Å². The van der Waals surface area contributed by atoms with Crippen LogP contribution in [-0.4, -0.2) is 13.1 Å². The maximum atomic E-state index is 2.70. The molecule has 98 valence electrons. The standard InChI is InChI=1S/C17H25N/c1-14-12-15-8-4-2-6-10-18-11-7-3-5-9-16(13-14)17(15)18/h12-13H,2-11H2,1H3. The minimum Gasteiger partial charge on any atom is -0.371 e. The lowest BCUT2D eigenvalue weighted by Crippen LogP contribution is -2.30. The first-order valence-corrected chi connectivity index (χ1v) is 7.72. The predicted octanol–water partition coefficient (Wildman–Crippen LogP) is 4.25. The van der Waals surface area contributed by atoms with Gasteiger partial charge in [0.25, 0.3) is 0 Å². The molecule has 0 fully saturated rings. The second-order valence-corrected chi connectivity index (χ2v) is 6.04. The van der Waals surface area contributed by atoms with Crippen molar-refractivity contribution in [3.8, 4) is 0 Å². The van der Waals surface area contributed by atoms with Gasteiger partial charge in [-0.05, 0) is 56.6 Å². The van der Waals surface area contributed by atoms with E-state index >= 15 is 0 Å². The van der Waals surface area contributed by atoms with E-state index in [9.17, 15) is 0 Å². The van der Waals surface area contributed by atoms with Gasteiger partial charge in [-0.1, -0.05) is 30.5 Å². The number of rotatable bonds is 0. The zero-order chi connectivity index (χ0) is 12.4. The van der Waals surface area contributed by atoms with E-state index in [0.717, 1.165) is 0 Å². The van der Waals surface area contributed by atoms with Crippen LogP contribution in [0, 0.1) is 6.92 Å². The molecule has 2 aliphatic heterocycles. The molecule has 18 heavy (non-hydrogen) atoms. The second kappa shape index (κ2) is 5.34. The topological polar surface area (TPSA) is 3.24 Å². The molecule has 1 aromatic rings. The molecule has 0 spiro atoms. The molecular weight excluding hydrogens is 218 g/mol. The summed E-state index contributed by atoms with van der Waals surface area (Å²) in [5, 5.41) is 0.